The van der Waals surface area contributed by atoms with E-state index in [1.54, 1.807) is 23.5 Å². The van der Waals surface area contributed by atoms with Gasteiger partial charge in [0.25, 0.3) is 5.69 Å². The fraction of sp³-hybridized carbons (Fsp3) is 0.500. The second-order valence-electron chi connectivity index (χ2n) is 8.00. The second kappa shape index (κ2) is 10.2. The van der Waals surface area contributed by atoms with Gasteiger partial charge in [-0.1, -0.05) is 18.2 Å². The van der Waals surface area contributed by atoms with Crippen molar-refractivity contribution >= 4 is 28.6 Å². The molecule has 1 amide bonds. The molecule has 2 aromatic rings. The van der Waals surface area contributed by atoms with Crippen LogP contribution in [-0.2, 0) is 16.1 Å². The van der Waals surface area contributed by atoms with Gasteiger partial charge in [-0.15, -0.1) is 11.3 Å². The predicted octanol–water partition coefficient (Wildman–Crippen LogP) is 2.99. The van der Waals surface area contributed by atoms with Crippen LogP contribution in [0.25, 0.3) is 0 Å². The zero-order valence-corrected chi connectivity index (χ0v) is 18.3. The molecule has 0 spiro atoms. The molecule has 9 heteroatoms. The molecular formula is C22H28N4O4S. The summed E-state index contributed by atoms with van der Waals surface area (Å²) >= 11 is 1.70. The first kappa shape index (κ1) is 21.7. The number of carbonyl (C=O) groups excluding carboxylic acids is 1. The van der Waals surface area contributed by atoms with Gasteiger partial charge >= 0.3 is 0 Å². The van der Waals surface area contributed by atoms with Crippen molar-refractivity contribution in [1.29, 1.82) is 0 Å². The summed E-state index contributed by atoms with van der Waals surface area (Å²) in [6.07, 6.45) is 2.33. The number of carbonyl (C=O) groups is 1. The van der Waals surface area contributed by atoms with E-state index in [0.717, 1.165) is 32.5 Å². The molecule has 1 atom stereocenters. The number of piperazine rings is 1. The summed E-state index contributed by atoms with van der Waals surface area (Å²) in [6, 6.07) is 10.9. The molecule has 0 N–H and O–H groups in total. The molecule has 0 bridgehead atoms. The number of nitro groups is 1. The summed E-state index contributed by atoms with van der Waals surface area (Å²) in [5, 5.41) is 13.4. The van der Waals surface area contributed by atoms with E-state index in [9.17, 15) is 14.9 Å². The number of ether oxygens (including phenoxy) is 1. The number of amides is 1. The highest BCUT2D eigenvalue weighted by atomic mass is 32.1. The maximum Gasteiger partial charge on any atom is 0.292 e. The second-order valence-corrected chi connectivity index (χ2v) is 9.03. The third-order valence-electron chi connectivity index (χ3n) is 5.86. The summed E-state index contributed by atoms with van der Waals surface area (Å²) in [5.74, 6) is 0.108. The van der Waals surface area contributed by atoms with Crippen LogP contribution in [0.2, 0.25) is 0 Å². The number of nitro benzene ring substituents is 1. The lowest BCUT2D eigenvalue weighted by molar-refractivity contribution is -0.384. The van der Waals surface area contributed by atoms with Gasteiger partial charge < -0.3 is 14.5 Å². The highest BCUT2D eigenvalue weighted by molar-refractivity contribution is 7.09. The molecule has 2 fully saturated rings. The van der Waals surface area contributed by atoms with Crippen molar-refractivity contribution in [3.05, 3.63) is 56.8 Å². The van der Waals surface area contributed by atoms with Crippen LogP contribution < -0.4 is 4.90 Å². The van der Waals surface area contributed by atoms with Gasteiger partial charge in [-0.2, -0.15) is 0 Å². The van der Waals surface area contributed by atoms with Crippen molar-refractivity contribution in [1.82, 2.24) is 9.80 Å². The normalized spacial score (nSPS) is 19.2. The Morgan fingerprint density at radius 1 is 1.19 bits per heavy atom. The Bertz CT molecular complexity index is 877. The van der Waals surface area contributed by atoms with E-state index in [2.05, 4.69) is 16.3 Å². The molecule has 0 aliphatic carbocycles. The number of rotatable bonds is 8. The third-order valence-corrected chi connectivity index (χ3v) is 6.72. The highest BCUT2D eigenvalue weighted by Gasteiger charge is 2.27. The standard InChI is InChI=1S/C22H28N4O4S/c27-22(17-23(15-18-5-3-13-30-18)16-19-6-4-14-31-19)25-11-9-24(10-12-25)20-7-1-2-8-21(20)26(28)29/h1-2,4,6-8,14,18H,3,5,9-13,15-17H2. The van der Waals surface area contributed by atoms with Gasteiger partial charge in [0.2, 0.25) is 5.91 Å². The number of hydrogen-bond donors (Lipinski definition) is 0. The van der Waals surface area contributed by atoms with E-state index in [4.69, 9.17) is 4.74 Å². The lowest BCUT2D eigenvalue weighted by Crippen LogP contribution is -2.51. The molecule has 0 saturated carbocycles. The van der Waals surface area contributed by atoms with Crippen molar-refractivity contribution in [2.45, 2.75) is 25.5 Å². The number of hydrogen-bond acceptors (Lipinski definition) is 7. The van der Waals surface area contributed by atoms with Crippen LogP contribution >= 0.6 is 11.3 Å². The van der Waals surface area contributed by atoms with Crippen molar-refractivity contribution in [2.75, 3.05) is 50.8 Å². The van der Waals surface area contributed by atoms with Crippen LogP contribution in [0, 0.1) is 10.1 Å². The Kier molecular flexibility index (Phi) is 7.16. The summed E-state index contributed by atoms with van der Waals surface area (Å²) in [6.45, 7) is 5.00. The zero-order chi connectivity index (χ0) is 21.6. The molecule has 1 aromatic carbocycles. The lowest BCUT2D eigenvalue weighted by atomic mass is 10.2. The topological polar surface area (TPSA) is 79.2 Å². The molecule has 2 aliphatic rings. The molecule has 8 nitrogen and oxygen atoms in total. The average molecular weight is 445 g/mol. The fourth-order valence-corrected chi connectivity index (χ4v) is 5.00. The number of thiophene rings is 1. The minimum atomic E-state index is -0.347. The fourth-order valence-electron chi connectivity index (χ4n) is 4.26. The lowest BCUT2D eigenvalue weighted by Gasteiger charge is -2.37. The molecule has 3 heterocycles. The molecule has 0 radical (unpaired) electrons. The molecule has 31 heavy (non-hydrogen) atoms. The van der Waals surface area contributed by atoms with Crippen LogP contribution in [0.15, 0.2) is 41.8 Å². The number of nitrogens with zero attached hydrogens (tertiary/aromatic N) is 4. The zero-order valence-electron chi connectivity index (χ0n) is 17.5. The number of benzene rings is 1. The SMILES string of the molecule is O=C(CN(Cc1cccs1)CC1CCCO1)N1CCN(c2ccccc2[N+](=O)[O-])CC1. The first-order chi connectivity index (χ1) is 15.1. The van der Waals surface area contributed by atoms with Crippen LogP contribution in [0.5, 0.6) is 0 Å². The molecule has 2 aliphatic heterocycles. The monoisotopic (exact) mass is 444 g/mol. The van der Waals surface area contributed by atoms with Crippen LogP contribution in [0.3, 0.4) is 0 Å². The van der Waals surface area contributed by atoms with Crippen molar-refractivity contribution < 1.29 is 14.5 Å². The molecule has 2 saturated heterocycles. The molecule has 166 valence electrons. The van der Waals surface area contributed by atoms with E-state index in [1.807, 2.05) is 21.9 Å². The first-order valence-corrected chi connectivity index (χ1v) is 11.6. The van der Waals surface area contributed by atoms with Gasteiger partial charge in [0, 0.05) is 56.8 Å². The van der Waals surface area contributed by atoms with E-state index >= 15 is 0 Å². The van der Waals surface area contributed by atoms with E-state index < -0.39 is 0 Å². The highest BCUT2D eigenvalue weighted by Crippen LogP contribution is 2.28. The van der Waals surface area contributed by atoms with Crippen LogP contribution in [0.4, 0.5) is 11.4 Å². The van der Waals surface area contributed by atoms with Gasteiger partial charge in [0.15, 0.2) is 0 Å². The van der Waals surface area contributed by atoms with Crippen molar-refractivity contribution in [3.63, 3.8) is 0 Å². The largest absolute Gasteiger partial charge is 0.377 e. The summed E-state index contributed by atoms with van der Waals surface area (Å²) in [4.78, 5) is 31.3. The minimum absolute atomic E-state index is 0.108. The van der Waals surface area contributed by atoms with Gasteiger partial charge in [0.05, 0.1) is 17.6 Å². The van der Waals surface area contributed by atoms with E-state index in [-0.39, 0.29) is 22.6 Å². The number of anilines is 1. The Hall–Kier alpha value is -2.49. The summed E-state index contributed by atoms with van der Waals surface area (Å²) in [7, 11) is 0. The van der Waals surface area contributed by atoms with Gasteiger partial charge in [-0.05, 0) is 30.4 Å². The molecule has 1 unspecified atom stereocenters. The van der Waals surface area contributed by atoms with E-state index in [1.165, 1.54) is 10.9 Å². The third kappa shape index (κ3) is 5.61. The maximum atomic E-state index is 13.0. The smallest absolute Gasteiger partial charge is 0.292 e. The van der Waals surface area contributed by atoms with Crippen molar-refractivity contribution in [2.24, 2.45) is 0 Å². The molecule has 1 aromatic heterocycles. The maximum absolute atomic E-state index is 13.0. The Labute approximate surface area is 186 Å². The Morgan fingerprint density at radius 3 is 2.68 bits per heavy atom. The van der Waals surface area contributed by atoms with E-state index in [0.29, 0.717) is 38.4 Å². The van der Waals surface area contributed by atoms with Gasteiger partial charge in [-0.25, -0.2) is 0 Å². The average Bonchev–Trinajstić information content (AvgIpc) is 3.48. The predicted molar refractivity (Wildman–Crippen MR) is 120 cm³/mol. The number of para-hydroxylation sites is 2. The quantitative estimate of drug-likeness (QED) is 0.460. The van der Waals surface area contributed by atoms with Gasteiger partial charge in [0.1, 0.15) is 5.69 Å². The first-order valence-electron chi connectivity index (χ1n) is 10.7. The van der Waals surface area contributed by atoms with Crippen LogP contribution in [-0.4, -0.2) is 72.6 Å². The molecular weight excluding hydrogens is 416 g/mol. The van der Waals surface area contributed by atoms with Crippen molar-refractivity contribution in [3.8, 4) is 0 Å². The molecule has 4 rings (SSSR count). The Morgan fingerprint density at radius 2 is 2.00 bits per heavy atom. The minimum Gasteiger partial charge on any atom is -0.377 e. The van der Waals surface area contributed by atoms with Crippen LogP contribution in [0.1, 0.15) is 17.7 Å². The van der Waals surface area contributed by atoms with Gasteiger partial charge in [-0.3, -0.25) is 19.8 Å². The summed E-state index contributed by atoms with van der Waals surface area (Å²) < 4.78 is 5.80. The summed E-state index contributed by atoms with van der Waals surface area (Å²) in [5.41, 5.74) is 0.735. The Balaban J connectivity index is 1.35.